The molecule has 1 aliphatic carbocycles. The van der Waals surface area contributed by atoms with Gasteiger partial charge in [-0.25, -0.2) is 0 Å². The number of hydrogen-bond donors (Lipinski definition) is 4. The van der Waals surface area contributed by atoms with E-state index in [0.29, 0.717) is 11.5 Å². The van der Waals surface area contributed by atoms with Crippen LogP contribution >= 0.6 is 11.5 Å². The largest absolute Gasteiger partial charge is 0.393 e. The Morgan fingerprint density at radius 3 is 2.79 bits per heavy atom. The summed E-state index contributed by atoms with van der Waals surface area (Å²) in [7, 11) is 1.58. The molecule has 1 aromatic heterocycles. The van der Waals surface area contributed by atoms with Crippen molar-refractivity contribution in [2.24, 2.45) is 5.92 Å². The lowest BCUT2D eigenvalue weighted by Crippen LogP contribution is -2.24. The van der Waals surface area contributed by atoms with Crippen molar-refractivity contribution in [1.82, 2.24) is 9.69 Å². The fourth-order valence-corrected chi connectivity index (χ4v) is 3.07. The molecule has 6 nitrogen and oxygen atoms in total. The summed E-state index contributed by atoms with van der Waals surface area (Å²) in [5.74, 6) is 0.586. The van der Waals surface area contributed by atoms with Crippen molar-refractivity contribution in [3.05, 3.63) is 5.56 Å². The number of nitrogens with zero attached hydrogens (tertiary/aromatic N) is 1. The predicted molar refractivity (Wildman–Crippen MR) is 76.4 cm³/mol. The first-order valence-corrected chi connectivity index (χ1v) is 7.28. The van der Waals surface area contributed by atoms with Crippen molar-refractivity contribution in [3.63, 3.8) is 0 Å². The SMILES string of the molecule is CNC(=O)c1c(N)nsc1NCC1CCC(O)CC1. The van der Waals surface area contributed by atoms with Crippen LogP contribution in [0.2, 0.25) is 0 Å². The van der Waals surface area contributed by atoms with Gasteiger partial charge in [-0.1, -0.05) is 0 Å². The number of rotatable bonds is 4. The van der Waals surface area contributed by atoms with Gasteiger partial charge in [-0.05, 0) is 43.1 Å². The van der Waals surface area contributed by atoms with Gasteiger partial charge in [0.25, 0.3) is 5.91 Å². The lowest BCUT2D eigenvalue weighted by atomic mass is 9.87. The van der Waals surface area contributed by atoms with Crippen molar-refractivity contribution in [3.8, 4) is 0 Å². The highest BCUT2D eigenvalue weighted by Crippen LogP contribution is 2.29. The van der Waals surface area contributed by atoms with Crippen LogP contribution in [0.4, 0.5) is 10.8 Å². The third kappa shape index (κ3) is 3.36. The minimum atomic E-state index is -0.215. The molecule has 1 aliphatic rings. The molecule has 0 bridgehead atoms. The number of anilines is 2. The standard InChI is InChI=1S/C12H20N4O2S/c1-14-11(18)9-10(13)16-19-12(9)15-6-7-2-4-8(17)5-3-7/h7-8,15,17H,2-6H2,1H3,(H2,13,16)(H,14,18). The molecule has 106 valence electrons. The molecule has 0 saturated heterocycles. The number of aromatic nitrogens is 1. The highest BCUT2D eigenvalue weighted by Gasteiger charge is 2.22. The maximum absolute atomic E-state index is 11.7. The normalized spacial score (nSPS) is 23.1. The molecular weight excluding hydrogens is 264 g/mol. The van der Waals surface area contributed by atoms with E-state index in [0.717, 1.165) is 37.2 Å². The second-order valence-corrected chi connectivity index (χ2v) is 5.68. The molecule has 0 aliphatic heterocycles. The van der Waals surface area contributed by atoms with Crippen molar-refractivity contribution < 1.29 is 9.90 Å². The van der Waals surface area contributed by atoms with Gasteiger partial charge in [-0.2, -0.15) is 4.37 Å². The Morgan fingerprint density at radius 2 is 2.16 bits per heavy atom. The summed E-state index contributed by atoms with van der Waals surface area (Å²) < 4.78 is 4.02. The summed E-state index contributed by atoms with van der Waals surface area (Å²) in [6.45, 7) is 0.790. The number of carbonyl (C=O) groups is 1. The number of hydrogen-bond acceptors (Lipinski definition) is 6. The third-order valence-electron chi connectivity index (χ3n) is 3.54. The summed E-state index contributed by atoms with van der Waals surface area (Å²) in [6, 6.07) is 0. The zero-order valence-electron chi connectivity index (χ0n) is 11.0. The number of aliphatic hydroxyl groups excluding tert-OH is 1. The summed E-state index contributed by atoms with van der Waals surface area (Å²) in [5, 5.41) is 16.0. The topological polar surface area (TPSA) is 100 Å². The van der Waals surface area contributed by atoms with E-state index in [1.165, 1.54) is 11.5 Å². The number of nitrogens with two attached hydrogens (primary N) is 1. The second kappa shape index (κ2) is 6.21. The van der Waals surface area contributed by atoms with Gasteiger partial charge in [0, 0.05) is 13.6 Å². The first-order chi connectivity index (χ1) is 9.11. The number of nitrogens with one attached hydrogen (secondary N) is 2. The van der Waals surface area contributed by atoms with Crippen LogP contribution in [0.3, 0.4) is 0 Å². The maximum Gasteiger partial charge on any atom is 0.257 e. The molecular formula is C12H20N4O2S. The minimum Gasteiger partial charge on any atom is -0.393 e. The van der Waals surface area contributed by atoms with Crippen LogP contribution in [0.25, 0.3) is 0 Å². The van der Waals surface area contributed by atoms with E-state index in [1.54, 1.807) is 7.05 Å². The Labute approximate surface area is 116 Å². The minimum absolute atomic E-state index is 0.142. The van der Waals surface area contributed by atoms with Crippen LogP contribution in [-0.2, 0) is 0 Å². The zero-order valence-corrected chi connectivity index (χ0v) is 11.8. The van der Waals surface area contributed by atoms with Crippen LogP contribution in [0.5, 0.6) is 0 Å². The third-order valence-corrected chi connectivity index (χ3v) is 4.36. The summed E-state index contributed by atoms with van der Waals surface area (Å²) in [6.07, 6.45) is 3.60. The van der Waals surface area contributed by atoms with Crippen molar-refractivity contribution in [1.29, 1.82) is 0 Å². The van der Waals surface area contributed by atoms with E-state index in [2.05, 4.69) is 15.0 Å². The van der Waals surface area contributed by atoms with Crippen LogP contribution in [-0.4, -0.2) is 35.1 Å². The molecule has 1 fully saturated rings. The fraction of sp³-hybridized carbons (Fsp3) is 0.667. The number of amides is 1. The van der Waals surface area contributed by atoms with Gasteiger partial charge in [0.2, 0.25) is 0 Å². The van der Waals surface area contributed by atoms with Gasteiger partial charge in [0.05, 0.1) is 6.10 Å². The Morgan fingerprint density at radius 1 is 1.47 bits per heavy atom. The lowest BCUT2D eigenvalue weighted by Gasteiger charge is -2.25. The average molecular weight is 284 g/mol. The van der Waals surface area contributed by atoms with Gasteiger partial charge in [-0.15, -0.1) is 0 Å². The van der Waals surface area contributed by atoms with Crippen LogP contribution in [0.1, 0.15) is 36.0 Å². The Bertz CT molecular complexity index is 441. The maximum atomic E-state index is 11.7. The molecule has 0 radical (unpaired) electrons. The first kappa shape index (κ1) is 14.1. The molecule has 7 heteroatoms. The Hall–Kier alpha value is -1.34. The Balaban J connectivity index is 1.94. The van der Waals surface area contributed by atoms with Gasteiger partial charge in [0.1, 0.15) is 10.6 Å². The number of nitrogen functional groups attached to an aromatic ring is 1. The zero-order chi connectivity index (χ0) is 13.8. The number of carbonyl (C=O) groups excluding carboxylic acids is 1. The van der Waals surface area contributed by atoms with E-state index >= 15 is 0 Å². The van der Waals surface area contributed by atoms with Gasteiger partial charge in [0.15, 0.2) is 5.82 Å². The quantitative estimate of drug-likeness (QED) is 0.662. The van der Waals surface area contributed by atoms with Crippen LogP contribution in [0, 0.1) is 5.92 Å². The monoisotopic (exact) mass is 284 g/mol. The summed E-state index contributed by atoms with van der Waals surface area (Å²) >= 11 is 1.21. The molecule has 1 aromatic rings. The molecule has 1 amide bonds. The fourth-order valence-electron chi connectivity index (χ4n) is 2.35. The first-order valence-electron chi connectivity index (χ1n) is 6.51. The molecule has 1 heterocycles. The summed E-state index contributed by atoms with van der Waals surface area (Å²) in [5.41, 5.74) is 6.14. The average Bonchev–Trinajstić information content (AvgIpc) is 2.78. The van der Waals surface area contributed by atoms with Gasteiger partial charge >= 0.3 is 0 Å². The number of aliphatic hydroxyl groups is 1. The van der Waals surface area contributed by atoms with Crippen molar-refractivity contribution in [2.45, 2.75) is 31.8 Å². The molecule has 19 heavy (non-hydrogen) atoms. The van der Waals surface area contributed by atoms with Crippen LogP contribution in [0.15, 0.2) is 0 Å². The van der Waals surface area contributed by atoms with E-state index in [4.69, 9.17) is 5.73 Å². The van der Waals surface area contributed by atoms with E-state index in [-0.39, 0.29) is 17.8 Å². The van der Waals surface area contributed by atoms with Gasteiger partial charge < -0.3 is 21.5 Å². The van der Waals surface area contributed by atoms with E-state index in [9.17, 15) is 9.90 Å². The van der Waals surface area contributed by atoms with Gasteiger partial charge in [-0.3, -0.25) is 4.79 Å². The molecule has 0 unspecified atom stereocenters. The van der Waals surface area contributed by atoms with Crippen molar-refractivity contribution in [2.75, 3.05) is 24.6 Å². The molecule has 5 N–H and O–H groups in total. The van der Waals surface area contributed by atoms with E-state index in [1.807, 2.05) is 0 Å². The molecule has 1 saturated carbocycles. The molecule has 0 spiro atoms. The second-order valence-electron chi connectivity index (χ2n) is 4.91. The molecule has 0 aromatic carbocycles. The Kier molecular flexibility index (Phi) is 4.60. The highest BCUT2D eigenvalue weighted by molar-refractivity contribution is 7.11. The smallest absolute Gasteiger partial charge is 0.257 e. The summed E-state index contributed by atoms with van der Waals surface area (Å²) in [4.78, 5) is 11.7. The molecule has 0 atom stereocenters. The highest BCUT2D eigenvalue weighted by atomic mass is 32.1. The van der Waals surface area contributed by atoms with E-state index < -0.39 is 0 Å². The lowest BCUT2D eigenvalue weighted by molar-refractivity contribution is 0.0965. The molecule has 2 rings (SSSR count). The van der Waals surface area contributed by atoms with Crippen LogP contribution < -0.4 is 16.4 Å². The van der Waals surface area contributed by atoms with Crippen molar-refractivity contribution >= 4 is 28.3 Å². The predicted octanol–water partition coefficient (Wildman–Crippen LogP) is 1.05.